The quantitative estimate of drug-likeness (QED) is 0.778. The summed E-state index contributed by atoms with van der Waals surface area (Å²) >= 11 is 0. The average molecular weight is 339 g/mol. The van der Waals surface area contributed by atoms with Gasteiger partial charge >= 0.3 is 0 Å². The lowest BCUT2D eigenvalue weighted by Gasteiger charge is -2.44. The number of rotatable bonds is 1. The van der Waals surface area contributed by atoms with E-state index in [0.29, 0.717) is 29.5 Å². The highest BCUT2D eigenvalue weighted by molar-refractivity contribution is 5.57. The standard InChI is InChI=1S/C19H25N5O/c1-12-14(15(20)24-16(23-12)21-11-22-24)6-5-8-19(25)10-13-7-9-18(19,4)17(13,2)3/h11,13,25H,7-10,20H2,1-4H3/t13-,18-,19-/m1/s1. The van der Waals surface area contributed by atoms with Crippen molar-refractivity contribution >= 4 is 11.6 Å². The highest BCUT2D eigenvalue weighted by Crippen LogP contribution is 2.70. The Morgan fingerprint density at radius 1 is 1.40 bits per heavy atom. The van der Waals surface area contributed by atoms with Crippen LogP contribution in [0, 0.1) is 35.5 Å². The molecule has 0 saturated heterocycles. The zero-order valence-corrected chi connectivity index (χ0v) is 15.3. The van der Waals surface area contributed by atoms with Crippen molar-refractivity contribution in [2.45, 2.75) is 59.0 Å². The van der Waals surface area contributed by atoms with Crippen LogP contribution in [0.15, 0.2) is 6.33 Å². The third kappa shape index (κ3) is 1.99. The van der Waals surface area contributed by atoms with Crippen molar-refractivity contribution in [1.82, 2.24) is 19.6 Å². The van der Waals surface area contributed by atoms with Gasteiger partial charge in [-0.25, -0.2) is 4.98 Å². The number of nitrogens with zero attached hydrogens (tertiary/aromatic N) is 4. The van der Waals surface area contributed by atoms with E-state index in [-0.39, 0.29) is 10.8 Å². The maximum Gasteiger partial charge on any atom is 0.254 e. The van der Waals surface area contributed by atoms with Gasteiger partial charge < -0.3 is 10.8 Å². The number of nitrogens with two attached hydrogens (primary N) is 1. The van der Waals surface area contributed by atoms with Crippen LogP contribution in [0.25, 0.3) is 5.78 Å². The number of hydrogen-bond donors (Lipinski definition) is 2. The zero-order chi connectivity index (χ0) is 18.0. The molecule has 6 heteroatoms. The fraction of sp³-hybridized carbons (Fsp3) is 0.632. The van der Waals surface area contributed by atoms with Crippen molar-refractivity contribution in [3.63, 3.8) is 0 Å². The SMILES string of the molecule is Cc1nc2ncnn2c(N)c1C#CC[C@@]1(O)C[C@H]2CC[C@]1(C)C2(C)C. The molecule has 6 nitrogen and oxygen atoms in total. The minimum atomic E-state index is -0.736. The Hall–Kier alpha value is -2.13. The van der Waals surface area contributed by atoms with Crippen LogP contribution < -0.4 is 5.73 Å². The summed E-state index contributed by atoms with van der Waals surface area (Å²) in [5.74, 6) is 7.81. The lowest BCUT2D eigenvalue weighted by Crippen LogP contribution is -2.46. The fourth-order valence-electron chi connectivity index (χ4n) is 5.10. The maximum absolute atomic E-state index is 11.4. The summed E-state index contributed by atoms with van der Waals surface area (Å²) in [6.07, 6.45) is 4.99. The third-order valence-corrected chi connectivity index (χ3v) is 7.28. The summed E-state index contributed by atoms with van der Waals surface area (Å²) < 4.78 is 1.49. The van der Waals surface area contributed by atoms with Gasteiger partial charge in [-0.3, -0.25) is 0 Å². The number of aryl methyl sites for hydroxylation is 1. The monoisotopic (exact) mass is 339 g/mol. The molecule has 0 unspecified atom stereocenters. The second-order valence-corrected chi connectivity index (χ2v) is 8.43. The summed E-state index contributed by atoms with van der Waals surface area (Å²) in [5, 5.41) is 15.4. The van der Waals surface area contributed by atoms with Gasteiger partial charge in [0, 0.05) is 11.8 Å². The topological polar surface area (TPSA) is 89.3 Å². The first kappa shape index (κ1) is 16.3. The number of aliphatic hydroxyl groups is 1. The highest BCUT2D eigenvalue weighted by atomic mass is 16.3. The maximum atomic E-state index is 11.4. The van der Waals surface area contributed by atoms with Gasteiger partial charge in [-0.1, -0.05) is 32.6 Å². The molecule has 132 valence electrons. The average Bonchev–Trinajstić information content (AvgIpc) is 3.13. The van der Waals surface area contributed by atoms with Crippen LogP contribution >= 0.6 is 0 Å². The van der Waals surface area contributed by atoms with Gasteiger partial charge in [0.2, 0.25) is 0 Å². The number of anilines is 1. The van der Waals surface area contributed by atoms with Crippen molar-refractivity contribution < 1.29 is 5.11 Å². The first-order chi connectivity index (χ1) is 11.7. The van der Waals surface area contributed by atoms with Crippen molar-refractivity contribution in [3.05, 3.63) is 17.6 Å². The van der Waals surface area contributed by atoms with Gasteiger partial charge in [-0.05, 0) is 37.5 Å². The molecule has 2 aromatic heterocycles. The van der Waals surface area contributed by atoms with Crippen LogP contribution in [0.4, 0.5) is 5.82 Å². The molecule has 2 aliphatic carbocycles. The smallest absolute Gasteiger partial charge is 0.254 e. The van der Waals surface area contributed by atoms with E-state index in [1.807, 2.05) is 6.92 Å². The molecule has 3 atom stereocenters. The first-order valence-electron chi connectivity index (χ1n) is 8.87. The van der Waals surface area contributed by atoms with E-state index in [1.54, 1.807) is 0 Å². The number of hydrogen-bond acceptors (Lipinski definition) is 5. The molecule has 2 saturated carbocycles. The molecule has 0 spiro atoms. The Balaban J connectivity index is 1.66. The summed E-state index contributed by atoms with van der Waals surface area (Å²) in [5.41, 5.74) is 6.90. The molecule has 0 radical (unpaired) electrons. The van der Waals surface area contributed by atoms with Crippen molar-refractivity contribution in [2.24, 2.45) is 16.7 Å². The molecule has 4 rings (SSSR count). The van der Waals surface area contributed by atoms with E-state index in [0.717, 1.165) is 18.5 Å². The Labute approximate surface area is 147 Å². The van der Waals surface area contributed by atoms with E-state index in [9.17, 15) is 5.11 Å². The van der Waals surface area contributed by atoms with Crippen molar-refractivity contribution in [3.8, 4) is 11.8 Å². The largest absolute Gasteiger partial charge is 0.388 e. The number of aromatic nitrogens is 4. The van der Waals surface area contributed by atoms with Crippen LogP contribution in [0.1, 0.15) is 57.7 Å². The van der Waals surface area contributed by atoms with Gasteiger partial charge in [0.1, 0.15) is 12.1 Å². The minimum absolute atomic E-state index is 0.0892. The van der Waals surface area contributed by atoms with Crippen LogP contribution in [-0.2, 0) is 0 Å². The predicted molar refractivity (Wildman–Crippen MR) is 95.6 cm³/mol. The molecule has 0 aromatic carbocycles. The second kappa shape index (κ2) is 4.95. The van der Waals surface area contributed by atoms with Crippen molar-refractivity contribution in [1.29, 1.82) is 0 Å². The van der Waals surface area contributed by atoms with Crippen LogP contribution in [0.3, 0.4) is 0 Å². The third-order valence-electron chi connectivity index (χ3n) is 7.28. The van der Waals surface area contributed by atoms with E-state index >= 15 is 0 Å². The molecule has 2 fully saturated rings. The van der Waals surface area contributed by atoms with Gasteiger partial charge in [0.25, 0.3) is 5.78 Å². The molecule has 2 aliphatic rings. The molecule has 2 bridgehead atoms. The minimum Gasteiger partial charge on any atom is -0.388 e. The molecule has 25 heavy (non-hydrogen) atoms. The van der Waals surface area contributed by atoms with Gasteiger partial charge in [-0.2, -0.15) is 14.6 Å². The first-order valence-corrected chi connectivity index (χ1v) is 8.87. The van der Waals surface area contributed by atoms with Crippen LogP contribution in [-0.4, -0.2) is 30.3 Å². The summed E-state index contributed by atoms with van der Waals surface area (Å²) in [6, 6.07) is 0. The molecule has 0 amide bonds. The molecule has 2 aromatic rings. The molecule has 2 heterocycles. The number of nitrogen functional groups attached to an aromatic ring is 1. The van der Waals surface area contributed by atoms with Crippen LogP contribution in [0.2, 0.25) is 0 Å². The lowest BCUT2D eigenvalue weighted by molar-refractivity contribution is -0.0851. The summed E-state index contributed by atoms with van der Waals surface area (Å²) in [7, 11) is 0. The van der Waals surface area contributed by atoms with Crippen molar-refractivity contribution in [2.75, 3.05) is 5.73 Å². The van der Waals surface area contributed by atoms with E-state index in [4.69, 9.17) is 5.73 Å². The van der Waals surface area contributed by atoms with Gasteiger partial charge in [0.15, 0.2) is 0 Å². The van der Waals surface area contributed by atoms with Gasteiger partial charge in [0.05, 0.1) is 16.9 Å². The van der Waals surface area contributed by atoms with E-state index in [2.05, 4.69) is 47.7 Å². The van der Waals surface area contributed by atoms with Gasteiger partial charge in [-0.15, -0.1) is 0 Å². The Bertz CT molecular complexity index is 921. The lowest BCUT2D eigenvalue weighted by atomic mass is 9.63. The fourth-order valence-corrected chi connectivity index (χ4v) is 5.10. The Kier molecular flexibility index (Phi) is 3.24. The second-order valence-electron chi connectivity index (χ2n) is 8.43. The normalized spacial score (nSPS) is 32.8. The molecular formula is C19H25N5O. The Morgan fingerprint density at radius 2 is 2.16 bits per heavy atom. The predicted octanol–water partition coefficient (Wildman–Crippen LogP) is 2.33. The molecule has 0 aliphatic heterocycles. The molecular weight excluding hydrogens is 314 g/mol. The summed E-state index contributed by atoms with van der Waals surface area (Å²) in [4.78, 5) is 8.44. The Morgan fingerprint density at radius 3 is 2.80 bits per heavy atom. The van der Waals surface area contributed by atoms with Crippen LogP contribution in [0.5, 0.6) is 0 Å². The zero-order valence-electron chi connectivity index (χ0n) is 15.3. The summed E-state index contributed by atoms with van der Waals surface area (Å²) in [6.45, 7) is 8.68. The highest BCUT2D eigenvalue weighted by Gasteiger charge is 2.67. The number of fused-ring (bicyclic) bond motifs is 3. The van der Waals surface area contributed by atoms with E-state index in [1.165, 1.54) is 17.3 Å². The van der Waals surface area contributed by atoms with E-state index < -0.39 is 5.60 Å². The molecule has 3 N–H and O–H groups in total.